The minimum Gasteiger partial charge on any atom is -0.477 e. The van der Waals surface area contributed by atoms with E-state index in [0.717, 1.165) is 34.5 Å². The number of hydrogen-bond acceptors (Lipinski definition) is 5. The van der Waals surface area contributed by atoms with Gasteiger partial charge in [-0.05, 0) is 18.6 Å². The van der Waals surface area contributed by atoms with E-state index in [4.69, 9.17) is 5.11 Å². The molecule has 0 aliphatic carbocycles. The first kappa shape index (κ1) is 13.9. The first-order valence-corrected chi connectivity index (χ1v) is 6.37. The van der Waals surface area contributed by atoms with Crippen LogP contribution in [0.15, 0.2) is 29.2 Å². The number of carboxylic acids is 1. The maximum atomic E-state index is 11.7. The average Bonchev–Trinajstić information content (AvgIpc) is 2.73. The molecule has 2 aromatic rings. The summed E-state index contributed by atoms with van der Waals surface area (Å²) < 4.78 is 1.19. The lowest BCUT2D eigenvalue weighted by Crippen LogP contribution is -2.19. The predicted octanol–water partition coefficient (Wildman–Crippen LogP) is 1.87. The number of aromatic nitrogens is 1. The summed E-state index contributed by atoms with van der Waals surface area (Å²) in [5.41, 5.74) is 0.101. The van der Waals surface area contributed by atoms with E-state index in [1.165, 1.54) is 10.6 Å². The highest BCUT2D eigenvalue weighted by Crippen LogP contribution is 2.22. The monoisotopic (exact) mass is 294 g/mol. The molecule has 0 aliphatic rings. The van der Waals surface area contributed by atoms with Crippen molar-refractivity contribution in [2.75, 3.05) is 0 Å². The molecular formula is C12H10N2O5S. The zero-order valence-corrected chi connectivity index (χ0v) is 11.2. The summed E-state index contributed by atoms with van der Waals surface area (Å²) in [6.07, 6.45) is 1.15. The quantitative estimate of drug-likeness (QED) is 0.685. The van der Waals surface area contributed by atoms with Crippen molar-refractivity contribution >= 4 is 23.0 Å². The van der Waals surface area contributed by atoms with E-state index >= 15 is 0 Å². The molecule has 0 aromatic carbocycles. The van der Waals surface area contributed by atoms with Crippen molar-refractivity contribution in [1.82, 2.24) is 4.57 Å². The average molecular weight is 294 g/mol. The van der Waals surface area contributed by atoms with E-state index in [2.05, 4.69) is 0 Å². The van der Waals surface area contributed by atoms with Gasteiger partial charge in [-0.15, -0.1) is 11.3 Å². The Morgan fingerprint density at radius 3 is 2.75 bits per heavy atom. The van der Waals surface area contributed by atoms with E-state index in [-0.39, 0.29) is 22.7 Å². The zero-order valence-electron chi connectivity index (χ0n) is 10.4. The fourth-order valence-corrected chi connectivity index (χ4v) is 2.59. The normalized spacial score (nSPS) is 10.4. The Morgan fingerprint density at radius 1 is 1.50 bits per heavy atom. The number of rotatable bonds is 4. The van der Waals surface area contributed by atoms with Crippen LogP contribution in [0.5, 0.6) is 0 Å². The largest absolute Gasteiger partial charge is 0.477 e. The van der Waals surface area contributed by atoms with Gasteiger partial charge in [-0.25, -0.2) is 4.79 Å². The van der Waals surface area contributed by atoms with Gasteiger partial charge in [0.2, 0.25) is 0 Å². The highest BCUT2D eigenvalue weighted by atomic mass is 32.1. The van der Waals surface area contributed by atoms with Gasteiger partial charge < -0.3 is 9.67 Å². The molecule has 2 rings (SSSR count). The fraction of sp³-hybridized carbons (Fsp3) is 0.167. The van der Waals surface area contributed by atoms with Crippen LogP contribution < -0.4 is 5.56 Å². The standard InChI is InChI=1S/C12H10N2O5S/c1-7-8(4-10(20-7)12(16)17)5-13-6-9(14(18)19)2-3-11(13)15/h2-4,6H,5H2,1H3,(H,16,17). The van der Waals surface area contributed by atoms with Crippen LogP contribution >= 0.6 is 11.3 Å². The minimum atomic E-state index is -1.03. The molecule has 2 heterocycles. The fourth-order valence-electron chi connectivity index (χ4n) is 1.72. The lowest BCUT2D eigenvalue weighted by Gasteiger charge is -2.04. The van der Waals surface area contributed by atoms with Crippen molar-refractivity contribution < 1.29 is 14.8 Å². The van der Waals surface area contributed by atoms with Gasteiger partial charge in [0.1, 0.15) is 4.88 Å². The molecule has 0 saturated heterocycles. The number of nitrogens with zero attached hydrogens (tertiary/aromatic N) is 2. The van der Waals surface area contributed by atoms with Crippen LogP contribution in [0.1, 0.15) is 20.1 Å². The lowest BCUT2D eigenvalue weighted by molar-refractivity contribution is -0.385. The van der Waals surface area contributed by atoms with Gasteiger partial charge >= 0.3 is 5.97 Å². The summed E-state index contributed by atoms with van der Waals surface area (Å²) in [5, 5.41) is 19.6. The molecule has 0 unspecified atom stereocenters. The van der Waals surface area contributed by atoms with Gasteiger partial charge in [0.05, 0.1) is 17.7 Å². The van der Waals surface area contributed by atoms with Gasteiger partial charge in [0, 0.05) is 17.0 Å². The number of nitro groups is 1. The van der Waals surface area contributed by atoms with E-state index < -0.39 is 10.9 Å². The maximum absolute atomic E-state index is 11.7. The van der Waals surface area contributed by atoms with Gasteiger partial charge in [-0.1, -0.05) is 0 Å². The summed E-state index contributed by atoms with van der Waals surface area (Å²) in [6, 6.07) is 3.74. The van der Waals surface area contributed by atoms with Gasteiger partial charge in [-0.3, -0.25) is 14.9 Å². The predicted molar refractivity (Wildman–Crippen MR) is 72.5 cm³/mol. The molecule has 0 radical (unpaired) electrons. The summed E-state index contributed by atoms with van der Waals surface area (Å²) >= 11 is 1.11. The van der Waals surface area contributed by atoms with Crippen molar-refractivity contribution in [1.29, 1.82) is 0 Å². The molecule has 0 atom stereocenters. The van der Waals surface area contributed by atoms with Gasteiger partial charge in [-0.2, -0.15) is 0 Å². The molecule has 1 N–H and O–H groups in total. The molecule has 7 nitrogen and oxygen atoms in total. The minimum absolute atomic E-state index is 0.107. The SMILES string of the molecule is Cc1sc(C(=O)O)cc1Cn1cc([N+](=O)[O-])ccc1=O. The number of carbonyl (C=O) groups is 1. The van der Waals surface area contributed by atoms with E-state index in [1.807, 2.05) is 0 Å². The van der Waals surface area contributed by atoms with Gasteiger partial charge in [0.25, 0.3) is 11.2 Å². The third kappa shape index (κ3) is 2.75. The molecule has 0 aliphatic heterocycles. The van der Waals surface area contributed by atoms with Crippen molar-refractivity contribution in [2.24, 2.45) is 0 Å². The van der Waals surface area contributed by atoms with Crippen molar-refractivity contribution in [3.8, 4) is 0 Å². The Balaban J connectivity index is 2.39. The first-order valence-electron chi connectivity index (χ1n) is 5.56. The summed E-state index contributed by atoms with van der Waals surface area (Å²) in [4.78, 5) is 33.6. The molecule has 0 amide bonds. The molecule has 0 saturated carbocycles. The van der Waals surface area contributed by atoms with Crippen LogP contribution in [0, 0.1) is 17.0 Å². The third-order valence-corrected chi connectivity index (χ3v) is 3.83. The molecule has 0 spiro atoms. The van der Waals surface area contributed by atoms with Crippen LogP contribution in [-0.4, -0.2) is 20.6 Å². The molecular weight excluding hydrogens is 284 g/mol. The number of hydrogen-bond donors (Lipinski definition) is 1. The summed E-state index contributed by atoms with van der Waals surface area (Å²) in [7, 11) is 0. The van der Waals surface area contributed by atoms with Crippen molar-refractivity contribution in [3.05, 3.63) is 60.2 Å². The van der Waals surface area contributed by atoms with Crippen LogP contribution in [0.25, 0.3) is 0 Å². The smallest absolute Gasteiger partial charge is 0.345 e. The lowest BCUT2D eigenvalue weighted by atomic mass is 10.2. The Hall–Kier alpha value is -2.48. The number of thiophene rings is 1. The van der Waals surface area contributed by atoms with Crippen molar-refractivity contribution in [2.45, 2.75) is 13.5 Å². The molecule has 8 heteroatoms. The van der Waals surface area contributed by atoms with E-state index in [1.54, 1.807) is 6.92 Å². The Kier molecular flexibility index (Phi) is 3.66. The first-order chi connectivity index (χ1) is 9.38. The molecule has 104 valence electrons. The van der Waals surface area contributed by atoms with E-state index in [9.17, 15) is 19.7 Å². The maximum Gasteiger partial charge on any atom is 0.345 e. The van der Waals surface area contributed by atoms with Gasteiger partial charge in [0.15, 0.2) is 0 Å². The third-order valence-electron chi connectivity index (χ3n) is 2.75. The number of aryl methyl sites for hydroxylation is 1. The molecule has 20 heavy (non-hydrogen) atoms. The Bertz CT molecular complexity index is 747. The number of pyridine rings is 1. The van der Waals surface area contributed by atoms with Crippen LogP contribution in [0.2, 0.25) is 0 Å². The van der Waals surface area contributed by atoms with Crippen molar-refractivity contribution in [3.63, 3.8) is 0 Å². The van der Waals surface area contributed by atoms with Crippen LogP contribution in [0.3, 0.4) is 0 Å². The Morgan fingerprint density at radius 2 is 2.20 bits per heavy atom. The number of carboxylic acid groups (broad SMARTS) is 1. The summed E-state index contributed by atoms with van der Waals surface area (Å²) in [6.45, 7) is 1.85. The summed E-state index contributed by atoms with van der Waals surface area (Å²) in [5.74, 6) is -1.03. The van der Waals surface area contributed by atoms with Crippen LogP contribution in [-0.2, 0) is 6.54 Å². The topological polar surface area (TPSA) is 102 Å². The second-order valence-corrected chi connectivity index (χ2v) is 5.36. The molecule has 0 fully saturated rings. The van der Waals surface area contributed by atoms with E-state index in [0.29, 0.717) is 5.56 Å². The second-order valence-electron chi connectivity index (χ2n) is 4.11. The molecule has 2 aromatic heterocycles. The highest BCUT2D eigenvalue weighted by molar-refractivity contribution is 7.14. The highest BCUT2D eigenvalue weighted by Gasteiger charge is 2.13. The Labute approximate surface area is 116 Å². The molecule has 0 bridgehead atoms. The van der Waals surface area contributed by atoms with Crippen LogP contribution in [0.4, 0.5) is 5.69 Å². The zero-order chi connectivity index (χ0) is 14.9. The number of aromatic carboxylic acids is 1. The second kappa shape index (κ2) is 5.25.